The first-order valence-electron chi connectivity index (χ1n) is 9.78. The van der Waals surface area contributed by atoms with Crippen LogP contribution in [0.15, 0.2) is 40.8 Å². The maximum atomic E-state index is 14.7. The number of benzene rings is 1. The first-order chi connectivity index (χ1) is 14.0. The molecule has 0 radical (unpaired) electrons. The number of hydrogen-bond donors (Lipinski definition) is 2. The number of nitrogens with zero attached hydrogens (tertiary/aromatic N) is 6. The highest BCUT2D eigenvalue weighted by atomic mass is 19.1. The highest BCUT2D eigenvalue weighted by Crippen LogP contribution is 2.28. The summed E-state index contributed by atoms with van der Waals surface area (Å²) in [5.74, 6) is 5.32. The molecule has 0 bridgehead atoms. The Morgan fingerprint density at radius 3 is 2.66 bits per heavy atom. The Balaban J connectivity index is 1.80. The Labute approximate surface area is 170 Å². The van der Waals surface area contributed by atoms with Crippen molar-refractivity contribution in [2.24, 2.45) is 22.1 Å². The van der Waals surface area contributed by atoms with E-state index in [9.17, 15) is 4.39 Å². The van der Waals surface area contributed by atoms with Crippen molar-refractivity contribution >= 4 is 11.5 Å². The van der Waals surface area contributed by atoms with Gasteiger partial charge in [-0.3, -0.25) is 16.2 Å². The molecule has 2 aromatic rings. The van der Waals surface area contributed by atoms with Crippen molar-refractivity contribution in [3.05, 3.63) is 53.1 Å². The molecule has 1 aliphatic heterocycles. The minimum absolute atomic E-state index is 0.111. The highest BCUT2D eigenvalue weighted by Gasteiger charge is 2.25. The topological polar surface area (TPSA) is 109 Å². The van der Waals surface area contributed by atoms with Gasteiger partial charge in [-0.1, -0.05) is 13.8 Å². The molecule has 1 saturated heterocycles. The van der Waals surface area contributed by atoms with Gasteiger partial charge in [-0.2, -0.15) is 10.2 Å². The molecule has 8 nitrogen and oxygen atoms in total. The lowest BCUT2D eigenvalue weighted by Crippen LogP contribution is -2.47. The summed E-state index contributed by atoms with van der Waals surface area (Å²) in [6, 6.07) is 7.21. The van der Waals surface area contributed by atoms with E-state index in [1.807, 2.05) is 18.2 Å². The predicted octanol–water partition coefficient (Wildman–Crippen LogP) is 0.968. The molecule has 0 saturated carbocycles. The number of nitrogens with two attached hydrogens (primary N) is 2. The molecule has 9 heteroatoms. The first-order valence-corrected chi connectivity index (χ1v) is 9.78. The van der Waals surface area contributed by atoms with E-state index in [0.717, 1.165) is 44.1 Å². The van der Waals surface area contributed by atoms with Gasteiger partial charge in [0.15, 0.2) is 0 Å². The van der Waals surface area contributed by atoms with Gasteiger partial charge in [-0.25, -0.2) is 4.39 Å². The summed E-state index contributed by atoms with van der Waals surface area (Å²) in [6.07, 6.45) is 2.33. The molecule has 1 aromatic heterocycles. The summed E-state index contributed by atoms with van der Waals surface area (Å²) in [7, 11) is 0. The third kappa shape index (κ3) is 5.32. The van der Waals surface area contributed by atoms with Crippen LogP contribution in [-0.4, -0.2) is 47.1 Å². The van der Waals surface area contributed by atoms with E-state index in [1.165, 1.54) is 6.07 Å². The quantitative estimate of drug-likeness (QED) is 0.247. The van der Waals surface area contributed by atoms with Crippen molar-refractivity contribution in [1.29, 1.82) is 0 Å². The fraction of sp³-hybridized carbons (Fsp3) is 0.450. The average Bonchev–Trinajstić information content (AvgIpc) is 2.70. The van der Waals surface area contributed by atoms with Gasteiger partial charge in [0.25, 0.3) is 0 Å². The minimum Gasteiger partial charge on any atom is -0.368 e. The van der Waals surface area contributed by atoms with E-state index in [1.54, 1.807) is 6.20 Å². The Morgan fingerprint density at radius 2 is 2.03 bits per heavy atom. The zero-order chi connectivity index (χ0) is 20.8. The van der Waals surface area contributed by atoms with Gasteiger partial charge in [-0.15, -0.1) is 0 Å². The van der Waals surface area contributed by atoms with Crippen LogP contribution < -0.4 is 16.2 Å². The lowest BCUT2D eigenvalue weighted by Gasteiger charge is -2.36. The van der Waals surface area contributed by atoms with Crippen LogP contribution in [0.2, 0.25) is 0 Å². The Kier molecular flexibility index (Phi) is 6.82. The van der Waals surface area contributed by atoms with Crippen LogP contribution in [0.4, 0.5) is 10.1 Å². The molecule has 29 heavy (non-hydrogen) atoms. The third-order valence-corrected chi connectivity index (χ3v) is 4.96. The van der Waals surface area contributed by atoms with Crippen LogP contribution in [0.3, 0.4) is 0 Å². The molecule has 1 aliphatic rings. The number of hydrogen-bond acceptors (Lipinski definition) is 5. The standard InChI is InChI=1S/C20H27FN8/c1-14(2)10-15-11-19(17(12-18(15)21)20(22)26-27-23)29-8-6-28(7-9-29)13-16-4-3-5-24-25-16/h3-5,11-12,14H,6-10,13H2,1-2H3,(H3,22,23,26)/p+1. The summed E-state index contributed by atoms with van der Waals surface area (Å²) in [6.45, 7) is 8.17. The Morgan fingerprint density at radius 1 is 1.28 bits per heavy atom. The van der Waals surface area contributed by atoms with E-state index < -0.39 is 0 Å². The van der Waals surface area contributed by atoms with Gasteiger partial charge >= 0.3 is 5.84 Å². The van der Waals surface area contributed by atoms with E-state index in [-0.39, 0.29) is 11.7 Å². The van der Waals surface area contributed by atoms with E-state index in [4.69, 9.17) is 11.3 Å². The number of aromatic nitrogens is 2. The van der Waals surface area contributed by atoms with Crippen molar-refractivity contribution in [1.82, 2.24) is 15.1 Å². The predicted molar refractivity (Wildman–Crippen MR) is 110 cm³/mol. The van der Waals surface area contributed by atoms with Gasteiger partial charge < -0.3 is 4.90 Å². The summed E-state index contributed by atoms with van der Waals surface area (Å²) in [4.78, 5) is 4.54. The third-order valence-electron chi connectivity index (χ3n) is 4.96. The van der Waals surface area contributed by atoms with Crippen molar-refractivity contribution in [3.8, 4) is 0 Å². The molecule has 0 spiro atoms. The van der Waals surface area contributed by atoms with Crippen molar-refractivity contribution in [2.45, 2.75) is 26.8 Å². The fourth-order valence-electron chi connectivity index (χ4n) is 3.58. The second kappa shape index (κ2) is 9.51. The number of piperazine rings is 1. The molecule has 1 fully saturated rings. The van der Waals surface area contributed by atoms with E-state index in [0.29, 0.717) is 23.5 Å². The number of anilines is 1. The van der Waals surface area contributed by atoms with Crippen LogP contribution in [0.25, 0.3) is 0 Å². The number of halogens is 1. The van der Waals surface area contributed by atoms with Gasteiger partial charge in [-0.05, 0) is 42.2 Å². The highest BCUT2D eigenvalue weighted by molar-refractivity contribution is 6.00. The van der Waals surface area contributed by atoms with Crippen LogP contribution in [0.1, 0.15) is 30.7 Å². The van der Waals surface area contributed by atoms with Gasteiger partial charge in [0.05, 0.1) is 22.1 Å². The van der Waals surface area contributed by atoms with E-state index >= 15 is 0 Å². The average molecular weight is 399 g/mol. The van der Waals surface area contributed by atoms with Gasteiger partial charge in [0, 0.05) is 44.1 Å². The second-order valence-corrected chi connectivity index (χ2v) is 7.64. The van der Waals surface area contributed by atoms with E-state index in [2.05, 4.69) is 44.2 Å². The van der Waals surface area contributed by atoms with Crippen LogP contribution >= 0.6 is 0 Å². The molecule has 1 aromatic carbocycles. The number of amidine groups is 1. The molecule has 0 aliphatic carbocycles. The van der Waals surface area contributed by atoms with Crippen LogP contribution in [0.5, 0.6) is 0 Å². The first kappa shape index (κ1) is 20.8. The Bertz CT molecular complexity index is 860. The summed E-state index contributed by atoms with van der Waals surface area (Å²) >= 11 is 0. The second-order valence-electron chi connectivity index (χ2n) is 7.64. The van der Waals surface area contributed by atoms with Gasteiger partial charge in [0.2, 0.25) is 0 Å². The zero-order valence-corrected chi connectivity index (χ0v) is 16.9. The van der Waals surface area contributed by atoms with Crippen molar-refractivity contribution < 1.29 is 9.80 Å². The molecule has 3 rings (SSSR count). The molecule has 154 valence electrons. The zero-order valence-electron chi connectivity index (χ0n) is 16.9. The molecule has 0 amide bonds. The summed E-state index contributed by atoms with van der Waals surface area (Å²) in [5, 5.41) is 21.1. The van der Waals surface area contributed by atoms with Crippen LogP contribution in [-0.2, 0) is 13.0 Å². The fourth-order valence-corrected chi connectivity index (χ4v) is 3.58. The number of rotatable bonds is 6. The Hall–Kier alpha value is -2.94. The van der Waals surface area contributed by atoms with Gasteiger partial charge in [0.1, 0.15) is 5.82 Å². The molecular weight excluding hydrogens is 371 g/mol. The maximum Gasteiger partial charge on any atom is 0.353 e. The molecule has 0 atom stereocenters. The monoisotopic (exact) mass is 399 g/mol. The largest absolute Gasteiger partial charge is 0.368 e. The normalized spacial score (nSPS) is 15.4. The lowest BCUT2D eigenvalue weighted by molar-refractivity contribution is -0.114. The summed E-state index contributed by atoms with van der Waals surface area (Å²) in [5.41, 5.74) is 3.01. The maximum absolute atomic E-state index is 14.7. The molecular formula is C20H28FN8+. The summed E-state index contributed by atoms with van der Waals surface area (Å²) < 4.78 is 14.7. The van der Waals surface area contributed by atoms with Crippen molar-refractivity contribution in [2.75, 3.05) is 31.1 Å². The molecule has 2 heterocycles. The lowest BCUT2D eigenvalue weighted by atomic mass is 9.98. The van der Waals surface area contributed by atoms with Crippen LogP contribution in [0, 0.1) is 11.7 Å². The molecule has 0 unspecified atom stereocenters. The molecule has 4 N–H and O–H groups in total. The SMILES string of the molecule is CC(C)Cc1cc(N2CCN(Cc3cccnn3)CC2)c(C(=[NH2+])N=NN)cc1F. The van der Waals surface area contributed by atoms with Crippen molar-refractivity contribution in [3.63, 3.8) is 0 Å². The minimum atomic E-state index is -0.283. The smallest absolute Gasteiger partial charge is 0.353 e.